The third-order valence-electron chi connectivity index (χ3n) is 4.91. The van der Waals surface area contributed by atoms with Crippen molar-refractivity contribution in [1.29, 1.82) is 0 Å². The Hall–Kier alpha value is -2.25. The van der Waals surface area contributed by atoms with Gasteiger partial charge in [-0.05, 0) is 12.0 Å². The molecule has 0 aromatic heterocycles. The van der Waals surface area contributed by atoms with E-state index in [1.165, 1.54) is 4.90 Å². The molecule has 2 aliphatic heterocycles. The Bertz CT molecular complexity index is 641. The van der Waals surface area contributed by atoms with Crippen LogP contribution < -0.4 is 5.73 Å². The smallest absolute Gasteiger partial charge is 0.247 e. The molecule has 7 heteroatoms. The lowest BCUT2D eigenvalue weighted by atomic mass is 10.1. The van der Waals surface area contributed by atoms with Gasteiger partial charge in [0.2, 0.25) is 17.7 Å². The quantitative estimate of drug-likeness (QED) is 0.701. The van der Waals surface area contributed by atoms with Gasteiger partial charge < -0.3 is 5.73 Å². The van der Waals surface area contributed by atoms with Crippen LogP contribution in [0.15, 0.2) is 30.3 Å². The predicted octanol–water partition coefficient (Wildman–Crippen LogP) is -0.540. The minimum Gasteiger partial charge on any atom is -0.369 e. The summed E-state index contributed by atoms with van der Waals surface area (Å²) in [5.74, 6) is -0.526. The second-order valence-corrected chi connectivity index (χ2v) is 6.62. The number of carbonyl (C=O) groups excluding carboxylic acids is 3. The molecule has 2 aliphatic rings. The van der Waals surface area contributed by atoms with Gasteiger partial charge in [-0.15, -0.1) is 0 Å². The molecule has 2 N–H and O–H groups in total. The zero-order chi connectivity index (χ0) is 17.8. The number of nitrogens with two attached hydrogens (primary N) is 1. The standard InChI is InChI=1S/C18H24N4O3/c19-16(23)13-20-8-10-21(11-9-20)15-12-17(24)22(18(15)25)7-6-14-4-2-1-3-5-14/h1-5,15H,6-13H2,(H2,19,23)/t15-/m1/s1. The van der Waals surface area contributed by atoms with Crippen molar-refractivity contribution >= 4 is 17.7 Å². The molecule has 2 fully saturated rings. The first kappa shape index (κ1) is 17.6. The summed E-state index contributed by atoms with van der Waals surface area (Å²) in [5.41, 5.74) is 6.34. The first-order valence-electron chi connectivity index (χ1n) is 8.67. The third kappa shape index (κ3) is 4.24. The molecule has 0 unspecified atom stereocenters. The Labute approximate surface area is 147 Å². The van der Waals surface area contributed by atoms with Crippen molar-refractivity contribution < 1.29 is 14.4 Å². The van der Waals surface area contributed by atoms with Crippen molar-refractivity contribution in [3.05, 3.63) is 35.9 Å². The molecule has 0 saturated carbocycles. The summed E-state index contributed by atoms with van der Waals surface area (Å²) in [7, 11) is 0. The second kappa shape index (κ2) is 7.76. The highest BCUT2D eigenvalue weighted by atomic mass is 16.2. The molecule has 25 heavy (non-hydrogen) atoms. The van der Waals surface area contributed by atoms with Gasteiger partial charge in [-0.25, -0.2) is 0 Å². The maximum Gasteiger partial charge on any atom is 0.247 e. The van der Waals surface area contributed by atoms with Crippen LogP contribution in [0.1, 0.15) is 12.0 Å². The van der Waals surface area contributed by atoms with E-state index in [1.807, 2.05) is 35.2 Å². The molecule has 2 saturated heterocycles. The summed E-state index contributed by atoms with van der Waals surface area (Å²) >= 11 is 0. The van der Waals surface area contributed by atoms with E-state index >= 15 is 0 Å². The molecule has 3 amide bonds. The van der Waals surface area contributed by atoms with Crippen LogP contribution in [0, 0.1) is 0 Å². The summed E-state index contributed by atoms with van der Waals surface area (Å²) in [4.78, 5) is 41.4. The molecule has 0 aliphatic carbocycles. The van der Waals surface area contributed by atoms with Crippen LogP contribution in [-0.4, -0.2) is 77.7 Å². The maximum atomic E-state index is 12.7. The van der Waals surface area contributed by atoms with Crippen LogP contribution in [0.25, 0.3) is 0 Å². The molecule has 2 heterocycles. The lowest BCUT2D eigenvalue weighted by Crippen LogP contribution is -2.53. The fourth-order valence-corrected chi connectivity index (χ4v) is 3.52. The molecule has 7 nitrogen and oxygen atoms in total. The number of hydrogen-bond donors (Lipinski definition) is 1. The normalized spacial score (nSPS) is 22.6. The molecule has 0 bridgehead atoms. The molecular weight excluding hydrogens is 320 g/mol. The second-order valence-electron chi connectivity index (χ2n) is 6.62. The Morgan fingerprint density at radius 3 is 2.40 bits per heavy atom. The minimum absolute atomic E-state index is 0.0921. The minimum atomic E-state index is -0.362. The highest BCUT2D eigenvalue weighted by Crippen LogP contribution is 2.20. The van der Waals surface area contributed by atoms with E-state index in [-0.39, 0.29) is 36.7 Å². The molecule has 0 spiro atoms. The van der Waals surface area contributed by atoms with Gasteiger partial charge in [0.15, 0.2) is 0 Å². The fourth-order valence-electron chi connectivity index (χ4n) is 3.52. The van der Waals surface area contributed by atoms with E-state index in [4.69, 9.17) is 5.73 Å². The Balaban J connectivity index is 1.54. The van der Waals surface area contributed by atoms with E-state index in [0.29, 0.717) is 39.1 Å². The Morgan fingerprint density at radius 1 is 1.08 bits per heavy atom. The van der Waals surface area contributed by atoms with Crippen molar-refractivity contribution in [3.63, 3.8) is 0 Å². The molecule has 1 aromatic carbocycles. The number of carbonyl (C=O) groups is 3. The van der Waals surface area contributed by atoms with Crippen molar-refractivity contribution in [2.75, 3.05) is 39.3 Å². The lowest BCUT2D eigenvalue weighted by molar-refractivity contribution is -0.140. The number of likely N-dealkylation sites (tertiary alicyclic amines) is 1. The van der Waals surface area contributed by atoms with Gasteiger partial charge in [0, 0.05) is 32.7 Å². The number of nitrogens with zero attached hydrogens (tertiary/aromatic N) is 3. The largest absolute Gasteiger partial charge is 0.369 e. The summed E-state index contributed by atoms with van der Waals surface area (Å²) in [5, 5.41) is 0. The van der Waals surface area contributed by atoms with Gasteiger partial charge in [0.1, 0.15) is 0 Å². The summed E-state index contributed by atoms with van der Waals surface area (Å²) in [6.07, 6.45) is 0.931. The van der Waals surface area contributed by atoms with Crippen molar-refractivity contribution in [2.45, 2.75) is 18.9 Å². The zero-order valence-electron chi connectivity index (χ0n) is 14.3. The first-order chi connectivity index (χ1) is 12.0. The number of rotatable bonds is 6. The summed E-state index contributed by atoms with van der Waals surface area (Å²) in [6, 6.07) is 9.50. The van der Waals surface area contributed by atoms with Gasteiger partial charge in [-0.1, -0.05) is 30.3 Å². The lowest BCUT2D eigenvalue weighted by Gasteiger charge is -2.36. The van der Waals surface area contributed by atoms with Gasteiger partial charge in [0.25, 0.3) is 0 Å². The molecule has 1 aromatic rings. The monoisotopic (exact) mass is 344 g/mol. The van der Waals surface area contributed by atoms with Gasteiger partial charge >= 0.3 is 0 Å². The number of imide groups is 1. The van der Waals surface area contributed by atoms with E-state index in [0.717, 1.165) is 5.56 Å². The SMILES string of the molecule is NC(=O)CN1CCN([C@@H]2CC(=O)N(CCc3ccccc3)C2=O)CC1. The zero-order valence-corrected chi connectivity index (χ0v) is 14.3. The van der Waals surface area contributed by atoms with Gasteiger partial charge in [-0.3, -0.25) is 29.1 Å². The number of hydrogen-bond acceptors (Lipinski definition) is 5. The topological polar surface area (TPSA) is 87.0 Å². The van der Waals surface area contributed by atoms with Crippen molar-refractivity contribution in [2.24, 2.45) is 5.73 Å². The Morgan fingerprint density at radius 2 is 1.76 bits per heavy atom. The van der Waals surface area contributed by atoms with Crippen LogP contribution in [0.5, 0.6) is 0 Å². The average molecular weight is 344 g/mol. The van der Waals surface area contributed by atoms with E-state index in [2.05, 4.69) is 4.90 Å². The summed E-state index contributed by atoms with van der Waals surface area (Å²) in [6.45, 7) is 3.39. The van der Waals surface area contributed by atoms with Crippen molar-refractivity contribution in [3.8, 4) is 0 Å². The van der Waals surface area contributed by atoms with E-state index in [1.54, 1.807) is 0 Å². The molecule has 1 atom stereocenters. The molecule has 0 radical (unpaired) electrons. The number of amides is 3. The maximum absolute atomic E-state index is 12.7. The van der Waals surface area contributed by atoms with Crippen LogP contribution in [-0.2, 0) is 20.8 Å². The number of primary amides is 1. The van der Waals surface area contributed by atoms with Crippen LogP contribution in [0.2, 0.25) is 0 Å². The van der Waals surface area contributed by atoms with E-state index in [9.17, 15) is 14.4 Å². The van der Waals surface area contributed by atoms with Crippen molar-refractivity contribution in [1.82, 2.24) is 14.7 Å². The van der Waals surface area contributed by atoms with Crippen LogP contribution in [0.4, 0.5) is 0 Å². The molecular formula is C18H24N4O3. The number of piperazine rings is 1. The molecule has 3 rings (SSSR count). The summed E-state index contributed by atoms with van der Waals surface area (Å²) < 4.78 is 0. The fraction of sp³-hybridized carbons (Fsp3) is 0.500. The average Bonchev–Trinajstić information content (AvgIpc) is 2.88. The predicted molar refractivity (Wildman–Crippen MR) is 92.5 cm³/mol. The van der Waals surface area contributed by atoms with Crippen LogP contribution >= 0.6 is 0 Å². The van der Waals surface area contributed by atoms with E-state index < -0.39 is 0 Å². The molecule has 134 valence electrons. The van der Waals surface area contributed by atoms with Gasteiger partial charge in [-0.2, -0.15) is 0 Å². The van der Waals surface area contributed by atoms with Gasteiger partial charge in [0.05, 0.1) is 19.0 Å². The Kier molecular flexibility index (Phi) is 5.45. The number of benzene rings is 1. The first-order valence-corrected chi connectivity index (χ1v) is 8.67. The third-order valence-corrected chi connectivity index (χ3v) is 4.91. The van der Waals surface area contributed by atoms with Crippen LogP contribution in [0.3, 0.4) is 0 Å². The highest BCUT2D eigenvalue weighted by molar-refractivity contribution is 6.05. The highest BCUT2D eigenvalue weighted by Gasteiger charge is 2.42.